The minimum absolute atomic E-state index is 0.0291. The zero-order valence-electron chi connectivity index (χ0n) is 18.2. The molecule has 172 valence electrons. The molecule has 10 heteroatoms. The van der Waals surface area contributed by atoms with Crippen LogP contribution < -0.4 is 20.3 Å². The van der Waals surface area contributed by atoms with Crippen LogP contribution in [0.4, 0.5) is 5.69 Å². The predicted octanol–water partition coefficient (Wildman–Crippen LogP) is 2.56. The third-order valence-corrected chi connectivity index (χ3v) is 7.83. The van der Waals surface area contributed by atoms with E-state index in [1.165, 1.54) is 16.6 Å². The minimum atomic E-state index is -3.74. The van der Waals surface area contributed by atoms with E-state index in [9.17, 15) is 18.0 Å². The number of rotatable bonds is 7. The van der Waals surface area contributed by atoms with E-state index in [2.05, 4.69) is 5.32 Å². The number of ether oxygens (including phenoxy) is 2. The molecule has 1 aromatic heterocycles. The number of nitrogens with zero attached hydrogens (tertiary/aromatic N) is 2. The maximum absolute atomic E-state index is 12.7. The molecule has 0 unspecified atom stereocenters. The molecular formula is C22H27N3O6S. The number of sulfonamides is 1. The summed E-state index contributed by atoms with van der Waals surface area (Å²) in [5.41, 5.74) is 0.0415. The van der Waals surface area contributed by atoms with Gasteiger partial charge in [-0.2, -0.15) is 4.31 Å². The molecule has 1 saturated carbocycles. The van der Waals surface area contributed by atoms with E-state index in [1.807, 2.05) is 0 Å². The van der Waals surface area contributed by atoms with E-state index >= 15 is 0 Å². The molecule has 0 radical (unpaired) electrons. The number of amides is 1. The largest absolute Gasteiger partial charge is 0.448 e. The molecule has 0 bridgehead atoms. The summed E-state index contributed by atoms with van der Waals surface area (Å²) in [6.07, 6.45) is 4.97. The first-order valence-electron chi connectivity index (χ1n) is 10.8. The molecule has 1 amide bonds. The van der Waals surface area contributed by atoms with Crippen LogP contribution >= 0.6 is 0 Å². The Balaban J connectivity index is 1.48. The highest BCUT2D eigenvalue weighted by Gasteiger charge is 2.44. The summed E-state index contributed by atoms with van der Waals surface area (Å²) in [6, 6.07) is 7.58. The van der Waals surface area contributed by atoms with Crippen molar-refractivity contribution in [2.45, 2.75) is 56.8 Å². The Morgan fingerprint density at radius 3 is 2.47 bits per heavy atom. The number of benzene rings is 1. The first-order valence-corrected chi connectivity index (χ1v) is 12.2. The molecule has 1 aliphatic carbocycles. The highest BCUT2D eigenvalue weighted by Crippen LogP contribution is 2.47. The molecule has 4 rings (SSSR count). The van der Waals surface area contributed by atoms with Crippen LogP contribution in [0.5, 0.6) is 11.5 Å². The Bertz CT molecular complexity index is 1180. The number of nitrogens with one attached hydrogen (secondary N) is 1. The molecule has 2 aromatic rings. The lowest BCUT2D eigenvalue weighted by Crippen LogP contribution is -2.34. The second-order valence-corrected chi connectivity index (χ2v) is 9.89. The smallest absolute Gasteiger partial charge is 0.251 e. The van der Waals surface area contributed by atoms with Crippen molar-refractivity contribution in [2.75, 3.05) is 18.4 Å². The van der Waals surface area contributed by atoms with Gasteiger partial charge in [0, 0.05) is 49.9 Å². The standard InChI is InChI=1S/C22H27N3O6S/c1-3-25(4-2)32(28,29)17-8-10-21(27)24(14-17)15-20(26)23-16-7-9-18-19(13-16)31-22(30-18)11-5-6-12-22/h7-10,13-14H,3-6,11-12,15H2,1-2H3,(H,23,26). The van der Waals surface area contributed by atoms with Crippen molar-refractivity contribution >= 4 is 21.6 Å². The van der Waals surface area contributed by atoms with Crippen molar-refractivity contribution in [3.63, 3.8) is 0 Å². The summed E-state index contributed by atoms with van der Waals surface area (Å²) in [7, 11) is -3.74. The number of hydrogen-bond acceptors (Lipinski definition) is 6. The number of anilines is 1. The molecule has 32 heavy (non-hydrogen) atoms. The topological polar surface area (TPSA) is 107 Å². The summed E-state index contributed by atoms with van der Waals surface area (Å²) in [6.45, 7) is 3.78. The predicted molar refractivity (Wildman–Crippen MR) is 118 cm³/mol. The molecular weight excluding hydrogens is 434 g/mol. The molecule has 2 aliphatic rings. The Labute approximate surface area is 187 Å². The molecule has 1 aliphatic heterocycles. The first-order chi connectivity index (χ1) is 15.3. The van der Waals surface area contributed by atoms with Crippen molar-refractivity contribution in [1.82, 2.24) is 8.87 Å². The van der Waals surface area contributed by atoms with Gasteiger partial charge in [0.1, 0.15) is 6.54 Å². The van der Waals surface area contributed by atoms with E-state index in [0.29, 0.717) is 30.3 Å². The molecule has 1 aromatic carbocycles. The Morgan fingerprint density at radius 2 is 1.78 bits per heavy atom. The average molecular weight is 462 g/mol. The second-order valence-electron chi connectivity index (χ2n) is 7.95. The fourth-order valence-electron chi connectivity index (χ4n) is 4.14. The van der Waals surface area contributed by atoms with Crippen LogP contribution in [0.2, 0.25) is 0 Å². The van der Waals surface area contributed by atoms with Crippen LogP contribution in [-0.2, 0) is 21.4 Å². The zero-order valence-corrected chi connectivity index (χ0v) is 19.0. The number of pyridine rings is 1. The summed E-state index contributed by atoms with van der Waals surface area (Å²) in [5, 5.41) is 2.74. The van der Waals surface area contributed by atoms with E-state index in [0.717, 1.165) is 36.3 Å². The van der Waals surface area contributed by atoms with Gasteiger partial charge in [-0.1, -0.05) is 13.8 Å². The highest BCUT2D eigenvalue weighted by atomic mass is 32.2. The van der Waals surface area contributed by atoms with Gasteiger partial charge in [-0.15, -0.1) is 0 Å². The van der Waals surface area contributed by atoms with Gasteiger partial charge in [-0.25, -0.2) is 8.42 Å². The molecule has 9 nitrogen and oxygen atoms in total. The van der Waals surface area contributed by atoms with Crippen LogP contribution in [0, 0.1) is 0 Å². The van der Waals surface area contributed by atoms with Gasteiger partial charge < -0.3 is 19.4 Å². The fourth-order valence-corrected chi connectivity index (χ4v) is 5.62. The fraction of sp³-hybridized carbons (Fsp3) is 0.455. The SMILES string of the molecule is CCN(CC)S(=O)(=O)c1ccc(=O)n(CC(=O)Nc2ccc3c(c2)OC2(CCCC2)O3)c1. The Kier molecular flexibility index (Phi) is 6.00. The quantitative estimate of drug-likeness (QED) is 0.679. The monoisotopic (exact) mass is 461 g/mol. The molecule has 1 spiro atoms. The average Bonchev–Trinajstić information content (AvgIpc) is 3.35. The number of carbonyl (C=O) groups excluding carboxylic acids is 1. The summed E-state index contributed by atoms with van der Waals surface area (Å²) >= 11 is 0. The maximum atomic E-state index is 12.7. The van der Waals surface area contributed by atoms with Gasteiger partial charge in [-0.05, 0) is 31.0 Å². The maximum Gasteiger partial charge on any atom is 0.251 e. The zero-order chi connectivity index (χ0) is 22.9. The lowest BCUT2D eigenvalue weighted by molar-refractivity contribution is -0.116. The molecule has 1 N–H and O–H groups in total. The van der Waals surface area contributed by atoms with Gasteiger partial charge in [0.2, 0.25) is 15.9 Å². The molecule has 0 atom stereocenters. The third kappa shape index (κ3) is 4.24. The van der Waals surface area contributed by atoms with E-state index < -0.39 is 27.3 Å². The van der Waals surface area contributed by atoms with Crippen LogP contribution in [0.3, 0.4) is 0 Å². The lowest BCUT2D eigenvalue weighted by Gasteiger charge is -2.21. The lowest BCUT2D eigenvalue weighted by atomic mass is 10.2. The van der Waals surface area contributed by atoms with Crippen molar-refractivity contribution in [1.29, 1.82) is 0 Å². The van der Waals surface area contributed by atoms with Crippen molar-refractivity contribution in [2.24, 2.45) is 0 Å². The van der Waals surface area contributed by atoms with Crippen molar-refractivity contribution in [3.05, 3.63) is 46.9 Å². The van der Waals surface area contributed by atoms with Gasteiger partial charge in [0.15, 0.2) is 11.5 Å². The van der Waals surface area contributed by atoms with E-state index in [4.69, 9.17) is 9.47 Å². The van der Waals surface area contributed by atoms with Gasteiger partial charge in [-0.3, -0.25) is 9.59 Å². The number of hydrogen-bond donors (Lipinski definition) is 1. The summed E-state index contributed by atoms with van der Waals surface area (Å²) in [4.78, 5) is 24.8. The first kappa shape index (κ1) is 22.3. The second kappa shape index (κ2) is 8.59. The summed E-state index contributed by atoms with van der Waals surface area (Å²) in [5.74, 6) is 0.179. The van der Waals surface area contributed by atoms with E-state index in [1.54, 1.807) is 32.0 Å². The molecule has 1 fully saturated rings. The van der Waals surface area contributed by atoms with Crippen LogP contribution in [-0.4, -0.2) is 42.1 Å². The number of fused-ring (bicyclic) bond motifs is 1. The number of aromatic nitrogens is 1. The van der Waals surface area contributed by atoms with Crippen molar-refractivity contribution in [3.8, 4) is 11.5 Å². The van der Waals surface area contributed by atoms with Crippen LogP contribution in [0.15, 0.2) is 46.2 Å². The Morgan fingerprint density at radius 1 is 1.09 bits per heavy atom. The normalized spacial score (nSPS) is 16.6. The number of carbonyl (C=O) groups is 1. The molecule has 2 heterocycles. The van der Waals surface area contributed by atoms with Gasteiger partial charge in [0.05, 0.1) is 4.90 Å². The van der Waals surface area contributed by atoms with Crippen LogP contribution in [0.1, 0.15) is 39.5 Å². The van der Waals surface area contributed by atoms with Gasteiger partial charge >= 0.3 is 0 Å². The highest BCUT2D eigenvalue weighted by molar-refractivity contribution is 7.89. The van der Waals surface area contributed by atoms with Crippen molar-refractivity contribution < 1.29 is 22.7 Å². The van der Waals surface area contributed by atoms with E-state index in [-0.39, 0.29) is 11.4 Å². The minimum Gasteiger partial charge on any atom is -0.448 e. The third-order valence-electron chi connectivity index (χ3n) is 5.80. The van der Waals surface area contributed by atoms with Gasteiger partial charge in [0.25, 0.3) is 11.3 Å². The Hall–Kier alpha value is -2.85. The summed E-state index contributed by atoms with van der Waals surface area (Å²) < 4.78 is 39.8. The molecule has 0 saturated heterocycles. The van der Waals surface area contributed by atoms with Crippen LogP contribution in [0.25, 0.3) is 0 Å².